The lowest BCUT2D eigenvalue weighted by Crippen LogP contribution is -2.23. The van der Waals surface area contributed by atoms with Crippen molar-refractivity contribution < 1.29 is 18.3 Å². The lowest BCUT2D eigenvalue weighted by Gasteiger charge is -2.20. The molecule has 0 aliphatic rings. The summed E-state index contributed by atoms with van der Waals surface area (Å²) in [5.41, 5.74) is 0.997. The van der Waals surface area contributed by atoms with E-state index in [4.69, 9.17) is 8.83 Å². The van der Waals surface area contributed by atoms with Crippen molar-refractivity contribution in [3.63, 3.8) is 0 Å². The Kier molecular flexibility index (Phi) is 5.80. The molecule has 0 aliphatic carbocycles. The molecule has 0 saturated heterocycles. The molecule has 0 spiro atoms. The van der Waals surface area contributed by atoms with E-state index in [-0.39, 0.29) is 23.8 Å². The highest BCUT2D eigenvalue weighted by atomic mass is 19.1. The predicted molar refractivity (Wildman–Crippen MR) is 119 cm³/mol. The van der Waals surface area contributed by atoms with Crippen LogP contribution in [0, 0.1) is 5.82 Å². The Labute approximate surface area is 183 Å². The van der Waals surface area contributed by atoms with Crippen LogP contribution in [0.4, 0.5) is 10.4 Å². The molecule has 0 fully saturated rings. The number of anilines is 1. The average molecular weight is 437 g/mol. The zero-order chi connectivity index (χ0) is 22.9. The fourth-order valence-electron chi connectivity index (χ4n) is 3.61. The van der Waals surface area contributed by atoms with Gasteiger partial charge in [-0.3, -0.25) is 0 Å². The second-order valence-corrected chi connectivity index (χ2v) is 7.76. The van der Waals surface area contributed by atoms with Crippen LogP contribution in [0.15, 0.2) is 62.2 Å². The van der Waals surface area contributed by atoms with E-state index in [0.29, 0.717) is 24.0 Å². The maximum absolute atomic E-state index is 13.3. The summed E-state index contributed by atoms with van der Waals surface area (Å²) >= 11 is 0. The van der Waals surface area contributed by atoms with E-state index in [0.717, 1.165) is 16.5 Å². The first kappa shape index (κ1) is 21.7. The fraction of sp³-hybridized carbons (Fsp3) is 0.292. The summed E-state index contributed by atoms with van der Waals surface area (Å²) in [5, 5.41) is 22.4. The molecule has 2 aromatic carbocycles. The summed E-state index contributed by atoms with van der Waals surface area (Å²) in [6, 6.07) is 12.8. The minimum atomic E-state index is -1.15. The summed E-state index contributed by atoms with van der Waals surface area (Å²) in [4.78, 5) is 12.2. The lowest BCUT2D eigenvalue weighted by atomic mass is 9.98. The predicted octanol–water partition coefficient (Wildman–Crippen LogP) is 5.16. The van der Waals surface area contributed by atoms with Crippen molar-refractivity contribution in [3.8, 4) is 11.1 Å². The molecule has 2 N–H and O–H groups in total. The van der Waals surface area contributed by atoms with Crippen molar-refractivity contribution in [3.05, 3.63) is 76.2 Å². The van der Waals surface area contributed by atoms with Crippen LogP contribution in [0.5, 0.6) is 0 Å². The number of nitrogens with one attached hydrogen (secondary N) is 1. The van der Waals surface area contributed by atoms with Gasteiger partial charge in [-0.2, -0.15) is 0 Å². The quantitative estimate of drug-likeness (QED) is 0.385. The van der Waals surface area contributed by atoms with Crippen LogP contribution < -0.4 is 10.9 Å². The molecular formula is C24H24FN3O4. The first-order chi connectivity index (χ1) is 15.3. The van der Waals surface area contributed by atoms with Gasteiger partial charge in [0.15, 0.2) is 0 Å². The maximum Gasteiger partial charge on any atom is 0.336 e. The van der Waals surface area contributed by atoms with Gasteiger partial charge < -0.3 is 19.3 Å². The Balaban J connectivity index is 1.64. The number of rotatable bonds is 7. The molecule has 0 bridgehead atoms. The third-order valence-electron chi connectivity index (χ3n) is 5.76. The molecule has 4 rings (SSSR count). The molecule has 32 heavy (non-hydrogen) atoms. The van der Waals surface area contributed by atoms with Gasteiger partial charge in [-0.15, -0.1) is 5.10 Å². The highest BCUT2D eigenvalue weighted by Crippen LogP contribution is 2.31. The normalized spacial score (nSPS) is 12.8. The Hall–Kier alpha value is -3.52. The van der Waals surface area contributed by atoms with Crippen LogP contribution in [0.1, 0.15) is 51.1 Å². The minimum Gasteiger partial charge on any atom is -0.423 e. The molecule has 8 heteroatoms. The Morgan fingerprint density at radius 3 is 2.47 bits per heavy atom. The van der Waals surface area contributed by atoms with Gasteiger partial charge >= 0.3 is 11.6 Å². The standard InChI is InChI=1S/C24H24FN3O4/c1-4-24(30,5-2)22-27-28-23(32-22)26-14(3)16-8-11-18-19(13-21(29)31-20(18)12-16)15-6-9-17(25)10-7-15/h6-14,30H,4-5H2,1-3H3,(H,26,28). The molecule has 2 heterocycles. The second-order valence-electron chi connectivity index (χ2n) is 7.76. The van der Waals surface area contributed by atoms with Crippen LogP contribution in [0.3, 0.4) is 0 Å². The van der Waals surface area contributed by atoms with Gasteiger partial charge in [-0.1, -0.05) is 43.2 Å². The summed E-state index contributed by atoms with van der Waals surface area (Å²) in [6.07, 6.45) is 0.918. The van der Waals surface area contributed by atoms with Crippen LogP contribution in [0.25, 0.3) is 22.1 Å². The highest BCUT2D eigenvalue weighted by molar-refractivity contribution is 5.93. The zero-order valence-electron chi connectivity index (χ0n) is 18.1. The molecule has 1 unspecified atom stereocenters. The fourth-order valence-corrected chi connectivity index (χ4v) is 3.61. The van der Waals surface area contributed by atoms with Gasteiger partial charge in [0.1, 0.15) is 17.0 Å². The van der Waals surface area contributed by atoms with Gasteiger partial charge in [0.05, 0.1) is 6.04 Å². The molecule has 4 aromatic rings. The molecule has 166 valence electrons. The van der Waals surface area contributed by atoms with E-state index in [1.165, 1.54) is 18.2 Å². The number of halogens is 1. The molecule has 2 aromatic heterocycles. The number of aliphatic hydroxyl groups is 1. The first-order valence-electron chi connectivity index (χ1n) is 10.5. The Morgan fingerprint density at radius 1 is 1.06 bits per heavy atom. The largest absolute Gasteiger partial charge is 0.423 e. The summed E-state index contributed by atoms with van der Waals surface area (Å²) in [6.45, 7) is 5.61. The molecule has 7 nitrogen and oxygen atoms in total. The van der Waals surface area contributed by atoms with E-state index in [1.807, 2.05) is 32.9 Å². The van der Waals surface area contributed by atoms with E-state index < -0.39 is 11.2 Å². The van der Waals surface area contributed by atoms with Gasteiger partial charge in [-0.05, 0) is 54.7 Å². The molecular weight excluding hydrogens is 413 g/mol. The smallest absolute Gasteiger partial charge is 0.336 e. The highest BCUT2D eigenvalue weighted by Gasteiger charge is 2.31. The molecule has 1 atom stereocenters. The SMILES string of the molecule is CCC(O)(CC)c1nnc(NC(C)c2ccc3c(-c4ccc(F)cc4)cc(=O)oc3c2)o1. The van der Waals surface area contributed by atoms with E-state index >= 15 is 0 Å². The van der Waals surface area contributed by atoms with Crippen molar-refractivity contribution in [1.29, 1.82) is 0 Å². The van der Waals surface area contributed by atoms with Crippen LogP contribution in [0.2, 0.25) is 0 Å². The number of fused-ring (bicyclic) bond motifs is 1. The monoisotopic (exact) mass is 437 g/mol. The molecule has 0 saturated carbocycles. The second kappa shape index (κ2) is 8.55. The molecule has 0 radical (unpaired) electrons. The first-order valence-corrected chi connectivity index (χ1v) is 10.5. The number of nitrogens with zero attached hydrogens (tertiary/aromatic N) is 2. The number of hydrogen-bond donors (Lipinski definition) is 2. The van der Waals surface area contributed by atoms with Gasteiger partial charge in [0.2, 0.25) is 5.89 Å². The lowest BCUT2D eigenvalue weighted by molar-refractivity contribution is 0.00204. The average Bonchev–Trinajstić information content (AvgIpc) is 3.27. The van der Waals surface area contributed by atoms with Gasteiger partial charge in [-0.25, -0.2) is 9.18 Å². The number of aromatic nitrogens is 2. The van der Waals surface area contributed by atoms with Crippen molar-refractivity contribution in [2.24, 2.45) is 0 Å². The topological polar surface area (TPSA) is 101 Å². The van der Waals surface area contributed by atoms with E-state index in [9.17, 15) is 14.3 Å². The summed E-state index contributed by atoms with van der Waals surface area (Å²) in [5.74, 6) is -0.172. The third kappa shape index (κ3) is 4.13. The zero-order valence-corrected chi connectivity index (χ0v) is 18.1. The van der Waals surface area contributed by atoms with Crippen molar-refractivity contribution in [2.45, 2.75) is 45.3 Å². The van der Waals surface area contributed by atoms with Crippen molar-refractivity contribution >= 4 is 17.0 Å². The molecule has 0 aliphatic heterocycles. The van der Waals surface area contributed by atoms with Crippen LogP contribution in [-0.4, -0.2) is 15.3 Å². The summed E-state index contributed by atoms with van der Waals surface area (Å²) in [7, 11) is 0. The van der Waals surface area contributed by atoms with E-state index in [2.05, 4.69) is 15.5 Å². The minimum absolute atomic E-state index is 0.172. The Morgan fingerprint density at radius 2 is 1.78 bits per heavy atom. The summed E-state index contributed by atoms with van der Waals surface area (Å²) < 4.78 is 24.4. The van der Waals surface area contributed by atoms with Crippen LogP contribution in [-0.2, 0) is 5.60 Å². The number of benzene rings is 2. The molecule has 0 amide bonds. The van der Waals surface area contributed by atoms with Gasteiger partial charge in [0.25, 0.3) is 0 Å². The number of hydrogen-bond acceptors (Lipinski definition) is 7. The van der Waals surface area contributed by atoms with E-state index in [1.54, 1.807) is 18.2 Å². The van der Waals surface area contributed by atoms with Crippen LogP contribution >= 0.6 is 0 Å². The van der Waals surface area contributed by atoms with Crippen molar-refractivity contribution in [1.82, 2.24) is 10.2 Å². The third-order valence-corrected chi connectivity index (χ3v) is 5.76. The Bertz CT molecular complexity index is 1290. The van der Waals surface area contributed by atoms with Crippen molar-refractivity contribution in [2.75, 3.05) is 5.32 Å². The van der Waals surface area contributed by atoms with Gasteiger partial charge in [0, 0.05) is 11.5 Å². The maximum atomic E-state index is 13.3.